The largest absolute Gasteiger partial charge is 0.392 e. The average molecular weight is 317 g/mol. The van der Waals surface area contributed by atoms with E-state index in [0.29, 0.717) is 35.2 Å². The SMILES string of the molecule is C[C@@H](O)CN1CCN(C(=O)c2ccc(Cl)cc2Cl)CC1. The second-order valence-electron chi connectivity index (χ2n) is 5.07. The Morgan fingerprint density at radius 3 is 2.50 bits per heavy atom. The minimum Gasteiger partial charge on any atom is -0.392 e. The van der Waals surface area contributed by atoms with E-state index in [1.165, 1.54) is 0 Å². The molecule has 20 heavy (non-hydrogen) atoms. The van der Waals surface area contributed by atoms with Gasteiger partial charge in [0.05, 0.1) is 16.7 Å². The molecule has 0 aromatic heterocycles. The first-order valence-electron chi connectivity index (χ1n) is 6.62. The fourth-order valence-electron chi connectivity index (χ4n) is 2.34. The molecule has 1 aliphatic rings. The molecule has 0 unspecified atom stereocenters. The molecule has 0 radical (unpaired) electrons. The Morgan fingerprint density at radius 2 is 1.95 bits per heavy atom. The Kier molecular flexibility index (Phi) is 5.27. The van der Waals surface area contributed by atoms with Crippen molar-refractivity contribution in [2.45, 2.75) is 13.0 Å². The number of hydrogen-bond acceptors (Lipinski definition) is 3. The highest BCUT2D eigenvalue weighted by molar-refractivity contribution is 6.36. The maximum absolute atomic E-state index is 12.4. The summed E-state index contributed by atoms with van der Waals surface area (Å²) in [5, 5.41) is 10.3. The molecule has 1 aromatic rings. The maximum atomic E-state index is 12.4. The number of amides is 1. The van der Waals surface area contributed by atoms with Crippen molar-refractivity contribution in [3.63, 3.8) is 0 Å². The Balaban J connectivity index is 1.98. The number of benzene rings is 1. The van der Waals surface area contributed by atoms with E-state index in [1.807, 2.05) is 0 Å². The molecule has 6 heteroatoms. The highest BCUT2D eigenvalue weighted by Crippen LogP contribution is 2.22. The number of halogens is 2. The van der Waals surface area contributed by atoms with Crippen LogP contribution >= 0.6 is 23.2 Å². The molecule has 0 bridgehead atoms. The minimum absolute atomic E-state index is 0.0663. The summed E-state index contributed by atoms with van der Waals surface area (Å²) in [5.41, 5.74) is 0.486. The van der Waals surface area contributed by atoms with Gasteiger partial charge in [-0.05, 0) is 25.1 Å². The van der Waals surface area contributed by atoms with Crippen LogP contribution in [0.2, 0.25) is 10.0 Å². The molecular weight excluding hydrogens is 299 g/mol. The van der Waals surface area contributed by atoms with Crippen LogP contribution in [0.1, 0.15) is 17.3 Å². The summed E-state index contributed by atoms with van der Waals surface area (Å²) >= 11 is 11.9. The average Bonchev–Trinajstić information content (AvgIpc) is 2.38. The van der Waals surface area contributed by atoms with Gasteiger partial charge in [-0.2, -0.15) is 0 Å². The quantitative estimate of drug-likeness (QED) is 0.929. The van der Waals surface area contributed by atoms with E-state index >= 15 is 0 Å². The van der Waals surface area contributed by atoms with E-state index in [4.69, 9.17) is 23.2 Å². The van der Waals surface area contributed by atoms with E-state index in [2.05, 4.69) is 4.90 Å². The summed E-state index contributed by atoms with van der Waals surface area (Å²) in [5.74, 6) is -0.0663. The lowest BCUT2D eigenvalue weighted by Gasteiger charge is -2.35. The van der Waals surface area contributed by atoms with Crippen molar-refractivity contribution in [3.8, 4) is 0 Å². The third kappa shape index (κ3) is 3.85. The van der Waals surface area contributed by atoms with Gasteiger partial charge >= 0.3 is 0 Å². The van der Waals surface area contributed by atoms with Crippen molar-refractivity contribution in [1.29, 1.82) is 0 Å². The van der Waals surface area contributed by atoms with Crippen molar-refractivity contribution < 1.29 is 9.90 Å². The predicted octanol–water partition coefficient (Wildman–Crippen LogP) is 2.13. The van der Waals surface area contributed by atoms with Crippen LogP contribution in [0.3, 0.4) is 0 Å². The van der Waals surface area contributed by atoms with Gasteiger partial charge in [-0.3, -0.25) is 9.69 Å². The smallest absolute Gasteiger partial charge is 0.255 e. The van der Waals surface area contributed by atoms with Crippen LogP contribution in [-0.4, -0.2) is 59.6 Å². The zero-order valence-electron chi connectivity index (χ0n) is 11.4. The molecule has 0 saturated carbocycles. The molecule has 1 atom stereocenters. The van der Waals surface area contributed by atoms with Crippen LogP contribution in [0.15, 0.2) is 18.2 Å². The van der Waals surface area contributed by atoms with Gasteiger partial charge < -0.3 is 10.0 Å². The van der Waals surface area contributed by atoms with Crippen LogP contribution in [0, 0.1) is 0 Å². The highest BCUT2D eigenvalue weighted by Gasteiger charge is 2.23. The first-order chi connectivity index (χ1) is 9.47. The van der Waals surface area contributed by atoms with Gasteiger partial charge in [-0.25, -0.2) is 0 Å². The number of rotatable bonds is 3. The summed E-state index contributed by atoms with van der Waals surface area (Å²) in [7, 11) is 0. The van der Waals surface area contributed by atoms with Crippen LogP contribution in [0.25, 0.3) is 0 Å². The maximum Gasteiger partial charge on any atom is 0.255 e. The molecule has 1 saturated heterocycles. The van der Waals surface area contributed by atoms with E-state index in [1.54, 1.807) is 30.0 Å². The molecule has 4 nitrogen and oxygen atoms in total. The normalized spacial score (nSPS) is 18.1. The highest BCUT2D eigenvalue weighted by atomic mass is 35.5. The lowest BCUT2D eigenvalue weighted by atomic mass is 10.1. The number of aliphatic hydroxyl groups excluding tert-OH is 1. The third-order valence-corrected chi connectivity index (χ3v) is 3.89. The zero-order chi connectivity index (χ0) is 14.7. The van der Waals surface area contributed by atoms with Gasteiger partial charge in [0.15, 0.2) is 0 Å². The first-order valence-corrected chi connectivity index (χ1v) is 7.37. The number of piperazine rings is 1. The standard InChI is InChI=1S/C14H18Cl2N2O2/c1-10(19)9-17-4-6-18(7-5-17)14(20)12-3-2-11(15)8-13(12)16/h2-3,8,10,19H,4-7,9H2,1H3/t10-/m1/s1. The Morgan fingerprint density at radius 1 is 1.30 bits per heavy atom. The first kappa shape index (κ1) is 15.6. The van der Waals surface area contributed by atoms with Gasteiger partial charge in [0.1, 0.15) is 0 Å². The van der Waals surface area contributed by atoms with Gasteiger partial charge in [0, 0.05) is 37.7 Å². The van der Waals surface area contributed by atoms with Crippen molar-refractivity contribution in [2.75, 3.05) is 32.7 Å². The van der Waals surface area contributed by atoms with Gasteiger partial charge in [0.2, 0.25) is 0 Å². The molecule has 1 fully saturated rings. The number of carbonyl (C=O) groups excluding carboxylic acids is 1. The molecule has 1 N–H and O–H groups in total. The minimum atomic E-state index is -0.344. The topological polar surface area (TPSA) is 43.8 Å². The number of aliphatic hydroxyl groups is 1. The van der Waals surface area contributed by atoms with Gasteiger partial charge in [0.25, 0.3) is 5.91 Å². The van der Waals surface area contributed by atoms with Crippen molar-refractivity contribution in [1.82, 2.24) is 9.80 Å². The zero-order valence-corrected chi connectivity index (χ0v) is 12.9. The van der Waals surface area contributed by atoms with Gasteiger partial charge in [-0.15, -0.1) is 0 Å². The lowest BCUT2D eigenvalue weighted by Crippen LogP contribution is -2.50. The summed E-state index contributed by atoms with van der Waals surface area (Å²) < 4.78 is 0. The van der Waals surface area contributed by atoms with Crippen LogP contribution in [-0.2, 0) is 0 Å². The predicted molar refractivity (Wildman–Crippen MR) is 80.5 cm³/mol. The molecule has 110 valence electrons. The molecule has 2 rings (SSSR count). The molecule has 0 aliphatic carbocycles. The second-order valence-corrected chi connectivity index (χ2v) is 5.91. The van der Waals surface area contributed by atoms with E-state index in [9.17, 15) is 9.90 Å². The summed E-state index contributed by atoms with van der Waals surface area (Å²) in [6, 6.07) is 4.92. The van der Waals surface area contributed by atoms with Crippen molar-refractivity contribution in [2.24, 2.45) is 0 Å². The van der Waals surface area contributed by atoms with Crippen molar-refractivity contribution >= 4 is 29.1 Å². The van der Waals surface area contributed by atoms with Crippen LogP contribution in [0.4, 0.5) is 0 Å². The molecule has 1 amide bonds. The summed E-state index contributed by atoms with van der Waals surface area (Å²) in [4.78, 5) is 16.3. The number of hydrogen-bond donors (Lipinski definition) is 1. The van der Waals surface area contributed by atoms with E-state index in [-0.39, 0.29) is 12.0 Å². The Labute approximate surface area is 128 Å². The van der Waals surface area contributed by atoms with Crippen LogP contribution in [0.5, 0.6) is 0 Å². The fourth-order valence-corrected chi connectivity index (χ4v) is 2.83. The third-order valence-electron chi connectivity index (χ3n) is 3.34. The Bertz CT molecular complexity index is 486. The van der Waals surface area contributed by atoms with E-state index in [0.717, 1.165) is 13.1 Å². The molecule has 1 aliphatic heterocycles. The van der Waals surface area contributed by atoms with E-state index < -0.39 is 0 Å². The fraction of sp³-hybridized carbons (Fsp3) is 0.500. The summed E-state index contributed by atoms with van der Waals surface area (Å²) in [6.07, 6.45) is -0.344. The second kappa shape index (κ2) is 6.76. The molecule has 0 spiro atoms. The summed E-state index contributed by atoms with van der Waals surface area (Å²) in [6.45, 7) is 5.23. The monoisotopic (exact) mass is 316 g/mol. The number of carbonyl (C=O) groups is 1. The van der Waals surface area contributed by atoms with Crippen LogP contribution < -0.4 is 0 Å². The van der Waals surface area contributed by atoms with Crippen molar-refractivity contribution in [3.05, 3.63) is 33.8 Å². The molecular formula is C14H18Cl2N2O2. The molecule has 1 heterocycles. The Hall–Kier alpha value is -0.810. The molecule has 1 aromatic carbocycles. The number of nitrogens with zero attached hydrogens (tertiary/aromatic N) is 2. The number of β-amino-alcohol motifs (C(OH)–C–C–N with tert-alkyl or cyclic N) is 1. The lowest BCUT2D eigenvalue weighted by molar-refractivity contribution is 0.0554. The van der Waals surface area contributed by atoms with Gasteiger partial charge in [-0.1, -0.05) is 23.2 Å².